The Morgan fingerprint density at radius 2 is 1.69 bits per heavy atom. The minimum atomic E-state index is -1.59. The molecule has 0 N–H and O–H groups in total. The summed E-state index contributed by atoms with van der Waals surface area (Å²) < 4.78 is 8.04. The molecule has 2 nitrogen and oxygen atoms in total. The monoisotopic (exact) mass is 439 g/mol. The third kappa shape index (κ3) is 6.31. The first-order chi connectivity index (χ1) is 12.4. The predicted octanol–water partition coefficient (Wildman–Crippen LogP) is 8.00. The van der Waals surface area contributed by atoms with E-state index in [1.54, 1.807) is 0 Å². The molecule has 0 spiro atoms. The summed E-state index contributed by atoms with van der Waals surface area (Å²) in [7, 11) is -1.59. The first-order valence-electron chi connectivity index (χ1n) is 10.4. The molecule has 0 bridgehead atoms. The van der Waals surface area contributed by atoms with E-state index in [1.807, 2.05) is 12.4 Å². The van der Waals surface area contributed by atoms with E-state index in [0.717, 1.165) is 36.6 Å². The normalized spacial score (nSPS) is 13.3. The van der Waals surface area contributed by atoms with Crippen molar-refractivity contribution in [2.45, 2.75) is 97.4 Å². The standard InChI is InChI=1S/C22H38BrNOSi/c1-7-19(20-16-21(23)18-24-17-20)14-13-15-22(8-2,9-3)25-26(10-4,11-5)12-6/h14,16-18H,7-13,15H2,1-6H3/b19-14-. The molecule has 0 aliphatic heterocycles. The quantitative estimate of drug-likeness (QED) is 0.307. The minimum absolute atomic E-state index is 0.0408. The van der Waals surface area contributed by atoms with Crippen LogP contribution in [0, 0.1) is 0 Å². The molecule has 0 amide bonds. The summed E-state index contributed by atoms with van der Waals surface area (Å²) in [4.78, 5) is 4.32. The van der Waals surface area contributed by atoms with Crippen LogP contribution in [0.5, 0.6) is 0 Å². The van der Waals surface area contributed by atoms with Crippen molar-refractivity contribution in [1.82, 2.24) is 4.98 Å². The summed E-state index contributed by atoms with van der Waals surface area (Å²) in [6, 6.07) is 5.83. The Morgan fingerprint density at radius 3 is 2.15 bits per heavy atom. The number of aromatic nitrogens is 1. The molecule has 26 heavy (non-hydrogen) atoms. The van der Waals surface area contributed by atoms with Crippen LogP contribution in [0.3, 0.4) is 0 Å². The van der Waals surface area contributed by atoms with Gasteiger partial charge < -0.3 is 4.43 Å². The zero-order chi connectivity index (χ0) is 19.6. The first-order valence-corrected chi connectivity index (χ1v) is 13.8. The summed E-state index contributed by atoms with van der Waals surface area (Å²) >= 11 is 3.53. The molecule has 0 aromatic carbocycles. The summed E-state index contributed by atoms with van der Waals surface area (Å²) in [5.74, 6) is 0. The number of halogens is 1. The SMILES string of the molecule is CC/C(=C/CCC(CC)(CC)O[Si](CC)(CC)CC)c1cncc(Br)c1. The van der Waals surface area contributed by atoms with E-state index >= 15 is 0 Å². The van der Waals surface area contributed by atoms with Crippen LogP contribution in [0.1, 0.15) is 79.2 Å². The average Bonchev–Trinajstić information content (AvgIpc) is 2.68. The second-order valence-corrected chi connectivity index (χ2v) is 12.9. The zero-order valence-corrected chi connectivity index (χ0v) is 20.3. The van der Waals surface area contributed by atoms with Crippen molar-refractivity contribution < 1.29 is 4.43 Å². The Bertz CT molecular complexity index is 557. The highest BCUT2D eigenvalue weighted by molar-refractivity contribution is 9.10. The zero-order valence-electron chi connectivity index (χ0n) is 17.7. The van der Waals surface area contributed by atoms with Gasteiger partial charge in [0.1, 0.15) is 0 Å². The first kappa shape index (κ1) is 23.6. The molecule has 0 aliphatic carbocycles. The molecule has 0 unspecified atom stereocenters. The van der Waals surface area contributed by atoms with Crippen LogP contribution in [-0.4, -0.2) is 18.9 Å². The average molecular weight is 441 g/mol. The van der Waals surface area contributed by atoms with Crippen molar-refractivity contribution in [3.63, 3.8) is 0 Å². The highest BCUT2D eigenvalue weighted by atomic mass is 79.9. The van der Waals surface area contributed by atoms with Crippen molar-refractivity contribution in [3.05, 3.63) is 34.6 Å². The Hall–Kier alpha value is -0.453. The van der Waals surface area contributed by atoms with Gasteiger partial charge in [-0.15, -0.1) is 0 Å². The van der Waals surface area contributed by atoms with Gasteiger partial charge in [0.05, 0.1) is 5.60 Å². The van der Waals surface area contributed by atoms with Gasteiger partial charge in [-0.25, -0.2) is 0 Å². The van der Waals surface area contributed by atoms with Gasteiger partial charge >= 0.3 is 0 Å². The number of hydrogen-bond donors (Lipinski definition) is 0. The highest BCUT2D eigenvalue weighted by Gasteiger charge is 2.38. The predicted molar refractivity (Wildman–Crippen MR) is 121 cm³/mol. The number of pyridine rings is 1. The molecule has 0 atom stereocenters. The van der Waals surface area contributed by atoms with Crippen LogP contribution < -0.4 is 0 Å². The lowest BCUT2D eigenvalue weighted by molar-refractivity contribution is 0.0397. The van der Waals surface area contributed by atoms with E-state index in [-0.39, 0.29) is 5.60 Å². The van der Waals surface area contributed by atoms with Crippen LogP contribution in [0.15, 0.2) is 29.0 Å². The van der Waals surface area contributed by atoms with Crippen LogP contribution in [0.4, 0.5) is 0 Å². The molecule has 0 saturated carbocycles. The molecule has 4 heteroatoms. The van der Waals surface area contributed by atoms with Gasteiger partial charge in [-0.1, -0.05) is 47.6 Å². The molecule has 0 fully saturated rings. The van der Waals surface area contributed by atoms with E-state index < -0.39 is 8.32 Å². The molecule has 1 heterocycles. The summed E-state index contributed by atoms with van der Waals surface area (Å²) in [5, 5.41) is 0. The van der Waals surface area contributed by atoms with Crippen molar-refractivity contribution >= 4 is 29.8 Å². The molecule has 0 aliphatic rings. The van der Waals surface area contributed by atoms with E-state index in [2.05, 4.69) is 74.6 Å². The topological polar surface area (TPSA) is 22.1 Å². The number of allylic oxidation sites excluding steroid dienone is 2. The third-order valence-corrected chi connectivity index (χ3v) is 11.3. The largest absolute Gasteiger partial charge is 0.411 e. The molecule has 0 radical (unpaired) electrons. The van der Waals surface area contributed by atoms with E-state index in [9.17, 15) is 0 Å². The molecule has 0 saturated heterocycles. The summed E-state index contributed by atoms with van der Waals surface area (Å²) in [6.07, 6.45) is 11.6. The van der Waals surface area contributed by atoms with Crippen LogP contribution >= 0.6 is 15.9 Å². The lowest BCUT2D eigenvalue weighted by atomic mass is 9.91. The van der Waals surface area contributed by atoms with Gasteiger partial charge in [-0.3, -0.25) is 4.98 Å². The van der Waals surface area contributed by atoms with E-state index in [1.165, 1.54) is 29.3 Å². The second kappa shape index (κ2) is 11.4. The maximum Gasteiger partial charge on any atom is 0.192 e. The van der Waals surface area contributed by atoms with Crippen molar-refractivity contribution in [1.29, 1.82) is 0 Å². The lowest BCUT2D eigenvalue weighted by Gasteiger charge is -2.42. The van der Waals surface area contributed by atoms with Crippen LogP contribution in [0.25, 0.3) is 5.57 Å². The highest BCUT2D eigenvalue weighted by Crippen LogP contribution is 2.35. The molecule has 148 valence electrons. The van der Waals surface area contributed by atoms with Gasteiger partial charge in [0.2, 0.25) is 0 Å². The molecular weight excluding hydrogens is 402 g/mol. The fourth-order valence-corrected chi connectivity index (χ4v) is 7.40. The minimum Gasteiger partial charge on any atom is -0.411 e. The third-order valence-electron chi connectivity index (χ3n) is 6.10. The van der Waals surface area contributed by atoms with Gasteiger partial charge in [0.25, 0.3) is 0 Å². The smallest absolute Gasteiger partial charge is 0.192 e. The fraction of sp³-hybridized carbons (Fsp3) is 0.682. The van der Waals surface area contributed by atoms with Crippen LogP contribution in [-0.2, 0) is 4.43 Å². The van der Waals surface area contributed by atoms with Gasteiger partial charge in [0.15, 0.2) is 8.32 Å². The van der Waals surface area contributed by atoms with Crippen molar-refractivity contribution in [2.75, 3.05) is 0 Å². The Labute approximate surface area is 171 Å². The number of nitrogens with zero attached hydrogens (tertiary/aromatic N) is 1. The van der Waals surface area contributed by atoms with Crippen LogP contribution in [0.2, 0.25) is 18.1 Å². The maximum absolute atomic E-state index is 7.00. The maximum atomic E-state index is 7.00. The summed E-state index contributed by atoms with van der Waals surface area (Å²) in [6.45, 7) is 13.8. The Kier molecular flexibility index (Phi) is 10.3. The van der Waals surface area contributed by atoms with Gasteiger partial charge in [-0.05, 0) is 83.4 Å². The lowest BCUT2D eigenvalue weighted by Crippen LogP contribution is -2.46. The molecule has 1 aromatic rings. The molecular formula is C22H38BrNOSi. The van der Waals surface area contributed by atoms with Crippen molar-refractivity contribution in [3.8, 4) is 0 Å². The van der Waals surface area contributed by atoms with E-state index in [4.69, 9.17) is 4.43 Å². The van der Waals surface area contributed by atoms with Gasteiger partial charge in [-0.2, -0.15) is 0 Å². The Balaban J connectivity index is 2.93. The number of hydrogen-bond acceptors (Lipinski definition) is 2. The van der Waals surface area contributed by atoms with Gasteiger partial charge in [0, 0.05) is 16.9 Å². The van der Waals surface area contributed by atoms with Crippen molar-refractivity contribution in [2.24, 2.45) is 0 Å². The Morgan fingerprint density at radius 1 is 1.08 bits per heavy atom. The summed E-state index contributed by atoms with van der Waals surface area (Å²) in [5.41, 5.74) is 2.64. The molecule has 1 aromatic heterocycles. The van der Waals surface area contributed by atoms with E-state index in [0.29, 0.717) is 0 Å². The second-order valence-electron chi connectivity index (χ2n) is 7.25. The number of rotatable bonds is 12. The molecule has 1 rings (SSSR count). The fourth-order valence-electron chi connectivity index (χ4n) is 3.79.